The normalized spacial score (nSPS) is 12.3. The van der Waals surface area contributed by atoms with Crippen LogP contribution in [-0.2, 0) is 16.1 Å². The molecule has 1 heterocycles. The second kappa shape index (κ2) is 8.22. The molecule has 5 nitrogen and oxygen atoms in total. The number of halogens is 1. The quantitative estimate of drug-likeness (QED) is 0.762. The summed E-state index contributed by atoms with van der Waals surface area (Å²) in [5.41, 5.74) is 0.532. The van der Waals surface area contributed by atoms with Gasteiger partial charge in [-0.1, -0.05) is 26.7 Å². The fraction of sp³-hybridized carbons (Fsp3) is 0.600. The van der Waals surface area contributed by atoms with Crippen LogP contribution in [0.5, 0.6) is 0 Å². The second-order valence-electron chi connectivity index (χ2n) is 4.88. The maximum Gasteiger partial charge on any atom is 0.328 e. The highest BCUT2D eigenvalue weighted by molar-refractivity contribution is 9.10. The maximum absolute atomic E-state index is 12.4. The minimum Gasteiger partial charge on any atom is -0.467 e. The van der Waals surface area contributed by atoms with Gasteiger partial charge in [0.2, 0.25) is 0 Å². The van der Waals surface area contributed by atoms with E-state index in [0.29, 0.717) is 12.2 Å². The number of ether oxygens (including phenoxy) is 1. The van der Waals surface area contributed by atoms with Crippen molar-refractivity contribution in [1.29, 1.82) is 0 Å². The minimum absolute atomic E-state index is 0.0647. The lowest BCUT2D eigenvalue weighted by Gasteiger charge is -2.24. The van der Waals surface area contributed by atoms with E-state index in [1.54, 1.807) is 6.07 Å². The summed E-state index contributed by atoms with van der Waals surface area (Å²) in [6.45, 7) is 6.65. The predicted octanol–water partition coefficient (Wildman–Crippen LogP) is 2.98. The van der Waals surface area contributed by atoms with Crippen LogP contribution >= 0.6 is 15.9 Å². The molecular formula is C15H23BrN2O3. The molecule has 0 unspecified atom stereocenters. The van der Waals surface area contributed by atoms with Gasteiger partial charge in [-0.15, -0.1) is 0 Å². The molecule has 0 aliphatic heterocycles. The highest BCUT2D eigenvalue weighted by Gasteiger charge is 2.29. The number of amides is 1. The first-order chi connectivity index (χ1) is 9.98. The number of aromatic nitrogens is 1. The van der Waals surface area contributed by atoms with Crippen molar-refractivity contribution < 1.29 is 14.3 Å². The third-order valence-corrected chi connectivity index (χ3v) is 4.13. The second-order valence-corrected chi connectivity index (χ2v) is 5.80. The van der Waals surface area contributed by atoms with Crippen LogP contribution in [0, 0.1) is 5.92 Å². The Kier molecular flexibility index (Phi) is 6.95. The Bertz CT molecular complexity index is 495. The predicted molar refractivity (Wildman–Crippen MR) is 85.1 cm³/mol. The van der Waals surface area contributed by atoms with Crippen LogP contribution in [0.1, 0.15) is 44.1 Å². The van der Waals surface area contributed by atoms with E-state index in [2.05, 4.69) is 21.2 Å². The highest BCUT2D eigenvalue weighted by atomic mass is 79.9. The zero-order valence-corrected chi connectivity index (χ0v) is 14.6. The molecule has 0 saturated carbocycles. The Labute approximate surface area is 134 Å². The lowest BCUT2D eigenvalue weighted by Crippen LogP contribution is -2.46. The Morgan fingerprint density at radius 3 is 2.43 bits per heavy atom. The Balaban J connectivity index is 2.97. The molecule has 118 valence electrons. The van der Waals surface area contributed by atoms with E-state index < -0.39 is 12.0 Å². The third-order valence-electron chi connectivity index (χ3n) is 3.70. The van der Waals surface area contributed by atoms with Crippen LogP contribution < -0.4 is 5.32 Å². The number of nitrogens with one attached hydrogen (secondary N) is 1. The fourth-order valence-corrected chi connectivity index (χ4v) is 2.86. The van der Waals surface area contributed by atoms with Crippen molar-refractivity contribution in [2.75, 3.05) is 7.11 Å². The van der Waals surface area contributed by atoms with E-state index in [1.165, 1.54) is 7.11 Å². The fourth-order valence-electron chi connectivity index (χ4n) is 2.40. The molecule has 0 radical (unpaired) electrons. The zero-order chi connectivity index (χ0) is 16.0. The van der Waals surface area contributed by atoms with E-state index in [4.69, 9.17) is 4.74 Å². The number of carbonyl (C=O) groups is 2. The van der Waals surface area contributed by atoms with Crippen LogP contribution in [0.2, 0.25) is 0 Å². The Morgan fingerprint density at radius 2 is 1.95 bits per heavy atom. The van der Waals surface area contributed by atoms with Crippen molar-refractivity contribution in [3.63, 3.8) is 0 Å². The van der Waals surface area contributed by atoms with Crippen molar-refractivity contribution >= 4 is 27.8 Å². The van der Waals surface area contributed by atoms with E-state index in [0.717, 1.165) is 17.3 Å². The van der Waals surface area contributed by atoms with E-state index in [-0.39, 0.29) is 11.8 Å². The number of hydrogen-bond donors (Lipinski definition) is 1. The molecule has 1 amide bonds. The van der Waals surface area contributed by atoms with Gasteiger partial charge in [0.15, 0.2) is 0 Å². The summed E-state index contributed by atoms with van der Waals surface area (Å²) in [6, 6.07) is 1.14. The minimum atomic E-state index is -0.614. The zero-order valence-electron chi connectivity index (χ0n) is 13.0. The lowest BCUT2D eigenvalue weighted by molar-refractivity contribution is -0.144. The number of methoxy groups -OCH3 is 1. The van der Waals surface area contributed by atoms with E-state index >= 15 is 0 Å². The first-order valence-electron chi connectivity index (χ1n) is 7.22. The standard InChI is InChI=1S/C15H23BrN2O3/c1-5-10(6-2)13(15(20)21-4)17-14(19)12-8-11(16)9-18(12)7-3/h8-10,13H,5-7H2,1-4H3,(H,17,19)/t13-/m0/s1. The van der Waals surface area contributed by atoms with Crippen molar-refractivity contribution in [3.05, 3.63) is 22.4 Å². The van der Waals surface area contributed by atoms with Crippen LogP contribution in [0.15, 0.2) is 16.7 Å². The summed E-state index contributed by atoms with van der Waals surface area (Å²) in [5, 5.41) is 2.82. The summed E-state index contributed by atoms with van der Waals surface area (Å²) in [5.74, 6) is -0.592. The van der Waals surface area contributed by atoms with Crippen LogP contribution in [0.4, 0.5) is 0 Å². The molecule has 6 heteroatoms. The average Bonchev–Trinajstić information content (AvgIpc) is 2.87. The lowest BCUT2D eigenvalue weighted by atomic mass is 9.94. The summed E-state index contributed by atoms with van der Waals surface area (Å²) in [6.07, 6.45) is 3.45. The van der Waals surface area contributed by atoms with Gasteiger partial charge in [0.25, 0.3) is 5.91 Å². The topological polar surface area (TPSA) is 60.3 Å². The van der Waals surface area contributed by atoms with Crippen molar-refractivity contribution in [2.45, 2.75) is 46.2 Å². The Hall–Kier alpha value is -1.30. The van der Waals surface area contributed by atoms with E-state index in [1.807, 2.05) is 31.5 Å². The molecule has 1 N–H and O–H groups in total. The van der Waals surface area contributed by atoms with Crippen molar-refractivity contribution in [2.24, 2.45) is 5.92 Å². The summed E-state index contributed by atoms with van der Waals surface area (Å²) >= 11 is 3.36. The van der Waals surface area contributed by atoms with Gasteiger partial charge in [0, 0.05) is 17.2 Å². The summed E-state index contributed by atoms with van der Waals surface area (Å²) < 4.78 is 7.50. The maximum atomic E-state index is 12.4. The van der Waals surface area contributed by atoms with Gasteiger partial charge in [-0.3, -0.25) is 4.79 Å². The summed E-state index contributed by atoms with van der Waals surface area (Å²) in [7, 11) is 1.34. The molecule has 0 spiro atoms. The van der Waals surface area contributed by atoms with Gasteiger partial charge in [-0.05, 0) is 34.8 Å². The van der Waals surface area contributed by atoms with Crippen molar-refractivity contribution in [1.82, 2.24) is 9.88 Å². The molecule has 0 aromatic carbocycles. The molecule has 0 saturated heterocycles. The van der Waals surface area contributed by atoms with Crippen molar-refractivity contribution in [3.8, 4) is 0 Å². The largest absolute Gasteiger partial charge is 0.467 e. The number of rotatable bonds is 7. The molecule has 1 aromatic heterocycles. The number of hydrogen-bond acceptors (Lipinski definition) is 3. The smallest absolute Gasteiger partial charge is 0.328 e. The molecule has 0 aliphatic carbocycles. The average molecular weight is 359 g/mol. The third kappa shape index (κ3) is 4.33. The monoisotopic (exact) mass is 358 g/mol. The number of nitrogens with zero attached hydrogens (tertiary/aromatic N) is 1. The first kappa shape index (κ1) is 17.8. The number of aryl methyl sites for hydroxylation is 1. The molecule has 0 aliphatic rings. The van der Waals surface area contributed by atoms with Gasteiger partial charge in [-0.2, -0.15) is 0 Å². The molecule has 1 rings (SSSR count). The number of carbonyl (C=O) groups excluding carboxylic acids is 2. The van der Waals surface area contributed by atoms with Crippen LogP contribution in [0.3, 0.4) is 0 Å². The van der Waals surface area contributed by atoms with Gasteiger partial charge in [0.1, 0.15) is 11.7 Å². The van der Waals surface area contributed by atoms with E-state index in [9.17, 15) is 9.59 Å². The number of esters is 1. The SMILES string of the molecule is CCC(CC)[C@H](NC(=O)c1cc(Br)cn1CC)C(=O)OC. The van der Waals surface area contributed by atoms with Gasteiger partial charge < -0.3 is 14.6 Å². The molecule has 1 atom stereocenters. The van der Waals surface area contributed by atoms with Gasteiger partial charge in [-0.25, -0.2) is 4.79 Å². The van der Waals surface area contributed by atoms with Gasteiger partial charge in [0.05, 0.1) is 7.11 Å². The molecule has 0 fully saturated rings. The molecule has 1 aromatic rings. The molecular weight excluding hydrogens is 336 g/mol. The molecule has 0 bridgehead atoms. The van der Waals surface area contributed by atoms with Crippen LogP contribution in [-0.4, -0.2) is 29.6 Å². The van der Waals surface area contributed by atoms with Crippen LogP contribution in [0.25, 0.3) is 0 Å². The molecule has 21 heavy (non-hydrogen) atoms. The Morgan fingerprint density at radius 1 is 1.33 bits per heavy atom. The first-order valence-corrected chi connectivity index (χ1v) is 8.02. The highest BCUT2D eigenvalue weighted by Crippen LogP contribution is 2.18. The summed E-state index contributed by atoms with van der Waals surface area (Å²) in [4.78, 5) is 24.4. The van der Waals surface area contributed by atoms with Gasteiger partial charge >= 0.3 is 5.97 Å².